The van der Waals surface area contributed by atoms with Gasteiger partial charge in [-0.2, -0.15) is 0 Å². The van der Waals surface area contributed by atoms with Crippen LogP contribution in [0.4, 0.5) is 0 Å². The standard InChI is InChI=1S/C26H43NO8/c1-8-12-17-22(27-25(31)26(5,6)7)24(35-21(30)15-11-4)23(34-20(29)14-10-3)18(33-17)16-32-19(28)13-9-2/h8,17-18,22-24H,1,9-16H2,2-7H3,(H,27,31)/t17-,18-,22+,23-,24-/m1/s1. The van der Waals surface area contributed by atoms with Gasteiger partial charge >= 0.3 is 17.9 Å². The molecule has 0 bridgehead atoms. The Morgan fingerprint density at radius 3 is 1.86 bits per heavy atom. The molecule has 9 nitrogen and oxygen atoms in total. The molecule has 1 aliphatic heterocycles. The molecule has 1 amide bonds. The van der Waals surface area contributed by atoms with Gasteiger partial charge in [0.05, 0.1) is 12.1 Å². The minimum Gasteiger partial charge on any atom is -0.463 e. The van der Waals surface area contributed by atoms with Crippen LogP contribution in [0.25, 0.3) is 0 Å². The van der Waals surface area contributed by atoms with Crippen molar-refractivity contribution >= 4 is 23.8 Å². The molecule has 0 saturated carbocycles. The molecule has 0 radical (unpaired) electrons. The van der Waals surface area contributed by atoms with Crippen molar-refractivity contribution in [1.82, 2.24) is 5.32 Å². The first-order valence-corrected chi connectivity index (χ1v) is 12.6. The molecule has 0 unspecified atom stereocenters. The van der Waals surface area contributed by atoms with Crippen LogP contribution in [0, 0.1) is 5.41 Å². The summed E-state index contributed by atoms with van der Waals surface area (Å²) >= 11 is 0. The van der Waals surface area contributed by atoms with Gasteiger partial charge in [0.2, 0.25) is 5.91 Å². The van der Waals surface area contributed by atoms with Crippen molar-refractivity contribution in [3.05, 3.63) is 12.7 Å². The second-order valence-corrected chi connectivity index (χ2v) is 9.83. The molecule has 0 spiro atoms. The van der Waals surface area contributed by atoms with Crippen LogP contribution in [0.2, 0.25) is 0 Å². The zero-order valence-electron chi connectivity index (χ0n) is 22.1. The third-order valence-electron chi connectivity index (χ3n) is 5.48. The summed E-state index contributed by atoms with van der Waals surface area (Å²) in [5, 5.41) is 2.94. The van der Waals surface area contributed by atoms with E-state index in [1.807, 2.05) is 20.8 Å². The van der Waals surface area contributed by atoms with Gasteiger partial charge in [-0.05, 0) is 25.7 Å². The van der Waals surface area contributed by atoms with Crippen LogP contribution in [0.1, 0.15) is 86.5 Å². The van der Waals surface area contributed by atoms with Crippen molar-refractivity contribution in [3.63, 3.8) is 0 Å². The topological polar surface area (TPSA) is 117 Å². The van der Waals surface area contributed by atoms with Crippen molar-refractivity contribution in [2.45, 2.75) is 117 Å². The zero-order chi connectivity index (χ0) is 26.6. The van der Waals surface area contributed by atoms with Crippen LogP contribution in [0.15, 0.2) is 12.7 Å². The highest BCUT2D eigenvalue weighted by atomic mass is 16.6. The van der Waals surface area contributed by atoms with Crippen molar-refractivity contribution in [1.29, 1.82) is 0 Å². The normalized spacial score (nSPS) is 24.2. The summed E-state index contributed by atoms with van der Waals surface area (Å²) in [7, 11) is 0. The molecular formula is C26H43NO8. The Bertz CT molecular complexity index is 729. The van der Waals surface area contributed by atoms with Crippen LogP contribution in [-0.2, 0) is 38.1 Å². The first-order chi connectivity index (χ1) is 16.5. The number of carbonyl (C=O) groups excluding carboxylic acids is 4. The molecule has 0 aromatic carbocycles. The highest BCUT2D eigenvalue weighted by Crippen LogP contribution is 2.30. The van der Waals surface area contributed by atoms with Crippen LogP contribution < -0.4 is 5.32 Å². The molecule has 0 aromatic rings. The molecule has 0 aromatic heterocycles. The van der Waals surface area contributed by atoms with Gasteiger partial charge in [-0.25, -0.2) is 0 Å². The molecule has 5 atom stereocenters. The number of esters is 3. The van der Waals surface area contributed by atoms with Gasteiger partial charge in [-0.1, -0.05) is 47.6 Å². The van der Waals surface area contributed by atoms with Gasteiger partial charge < -0.3 is 24.3 Å². The number of carbonyl (C=O) groups is 4. The van der Waals surface area contributed by atoms with Gasteiger partial charge in [-0.3, -0.25) is 19.2 Å². The molecule has 9 heteroatoms. The monoisotopic (exact) mass is 497 g/mol. The van der Waals surface area contributed by atoms with E-state index in [0.717, 1.165) is 0 Å². The molecule has 1 fully saturated rings. The van der Waals surface area contributed by atoms with Crippen molar-refractivity contribution < 1.29 is 38.1 Å². The lowest BCUT2D eigenvalue weighted by molar-refractivity contribution is -0.225. The fourth-order valence-electron chi connectivity index (χ4n) is 3.62. The fraction of sp³-hybridized carbons (Fsp3) is 0.769. The SMILES string of the molecule is C=CC[C@H]1O[C@H](COC(=O)CCC)[C@@H](OC(=O)CCC)[C@H](OC(=O)CCC)[C@H]1NC(=O)C(C)(C)C. The van der Waals surface area contributed by atoms with E-state index in [-0.39, 0.29) is 31.8 Å². The predicted molar refractivity (Wildman–Crippen MR) is 130 cm³/mol. The maximum Gasteiger partial charge on any atom is 0.306 e. The Labute approximate surface area is 209 Å². The van der Waals surface area contributed by atoms with E-state index < -0.39 is 53.8 Å². The van der Waals surface area contributed by atoms with Crippen LogP contribution in [0.3, 0.4) is 0 Å². The highest BCUT2D eigenvalue weighted by molar-refractivity contribution is 5.82. The van der Waals surface area contributed by atoms with Gasteiger partial charge in [0.25, 0.3) is 0 Å². The summed E-state index contributed by atoms with van der Waals surface area (Å²) in [6.45, 7) is 14.4. The van der Waals surface area contributed by atoms with Crippen molar-refractivity contribution in [2.75, 3.05) is 6.61 Å². The van der Waals surface area contributed by atoms with Crippen molar-refractivity contribution in [3.8, 4) is 0 Å². The third-order valence-corrected chi connectivity index (χ3v) is 5.48. The van der Waals surface area contributed by atoms with E-state index in [0.29, 0.717) is 25.7 Å². The average Bonchev–Trinajstić information content (AvgIpc) is 2.76. The molecule has 1 aliphatic rings. The maximum absolute atomic E-state index is 12.9. The molecule has 1 heterocycles. The minimum absolute atomic E-state index is 0.156. The average molecular weight is 498 g/mol. The largest absolute Gasteiger partial charge is 0.463 e. The van der Waals surface area contributed by atoms with Crippen LogP contribution >= 0.6 is 0 Å². The molecule has 0 aliphatic carbocycles. The number of ether oxygens (including phenoxy) is 4. The molecule has 35 heavy (non-hydrogen) atoms. The summed E-state index contributed by atoms with van der Waals surface area (Å²) in [6, 6.07) is -0.803. The van der Waals surface area contributed by atoms with E-state index in [9.17, 15) is 19.2 Å². The molecule has 1 saturated heterocycles. The minimum atomic E-state index is -1.07. The Morgan fingerprint density at radius 2 is 1.37 bits per heavy atom. The van der Waals surface area contributed by atoms with E-state index >= 15 is 0 Å². The van der Waals surface area contributed by atoms with E-state index in [4.69, 9.17) is 18.9 Å². The third kappa shape index (κ3) is 9.99. The quantitative estimate of drug-likeness (QED) is 0.233. The van der Waals surface area contributed by atoms with Crippen LogP contribution in [0.5, 0.6) is 0 Å². The number of nitrogens with one attached hydrogen (secondary N) is 1. The predicted octanol–water partition coefficient (Wildman–Crippen LogP) is 3.63. The first-order valence-electron chi connectivity index (χ1n) is 12.6. The Hall–Kier alpha value is -2.42. The molecule has 200 valence electrons. The second-order valence-electron chi connectivity index (χ2n) is 9.83. The fourth-order valence-corrected chi connectivity index (χ4v) is 3.62. The molecule has 1 rings (SSSR count). The maximum atomic E-state index is 12.9. The molecule has 1 N–H and O–H groups in total. The number of amides is 1. The summed E-state index contributed by atoms with van der Waals surface area (Å²) in [4.78, 5) is 50.1. The lowest BCUT2D eigenvalue weighted by atomic mass is 9.88. The van der Waals surface area contributed by atoms with E-state index in [1.54, 1.807) is 26.8 Å². The van der Waals surface area contributed by atoms with Gasteiger partial charge in [0, 0.05) is 24.7 Å². The second kappa shape index (κ2) is 14.9. The first kappa shape index (κ1) is 30.6. The number of hydrogen-bond acceptors (Lipinski definition) is 8. The Morgan fingerprint density at radius 1 is 0.857 bits per heavy atom. The highest BCUT2D eigenvalue weighted by Gasteiger charge is 2.51. The lowest BCUT2D eigenvalue weighted by Crippen LogP contribution is -2.67. The Kier molecular flexibility index (Phi) is 13.0. The van der Waals surface area contributed by atoms with Gasteiger partial charge in [0.15, 0.2) is 12.2 Å². The molecular weight excluding hydrogens is 454 g/mol. The van der Waals surface area contributed by atoms with Crippen LogP contribution in [-0.4, -0.2) is 60.9 Å². The lowest BCUT2D eigenvalue weighted by Gasteiger charge is -2.46. The Balaban J connectivity index is 3.42. The van der Waals surface area contributed by atoms with Gasteiger partial charge in [-0.15, -0.1) is 6.58 Å². The zero-order valence-corrected chi connectivity index (χ0v) is 22.1. The van der Waals surface area contributed by atoms with E-state index in [2.05, 4.69) is 11.9 Å². The smallest absolute Gasteiger partial charge is 0.306 e. The van der Waals surface area contributed by atoms with Gasteiger partial charge in [0.1, 0.15) is 12.7 Å². The number of rotatable bonds is 13. The van der Waals surface area contributed by atoms with E-state index in [1.165, 1.54) is 0 Å². The summed E-state index contributed by atoms with van der Waals surface area (Å²) < 4.78 is 23.2. The summed E-state index contributed by atoms with van der Waals surface area (Å²) in [5.41, 5.74) is -0.725. The summed E-state index contributed by atoms with van der Waals surface area (Å²) in [6.07, 6.45) is 0.629. The summed E-state index contributed by atoms with van der Waals surface area (Å²) in [5.74, 6) is -1.66. The van der Waals surface area contributed by atoms with Crippen molar-refractivity contribution in [2.24, 2.45) is 5.41 Å². The number of hydrogen-bond donors (Lipinski definition) is 1.